The predicted octanol–water partition coefficient (Wildman–Crippen LogP) is 2.77. The molecule has 2 rings (SSSR count). The molecule has 4 heteroatoms. The number of benzene rings is 1. The Morgan fingerprint density at radius 1 is 1.36 bits per heavy atom. The number of aldehydes is 1. The van der Waals surface area contributed by atoms with Gasteiger partial charge in [0, 0.05) is 18.3 Å². The monoisotopic (exact) mass is 256 g/mol. The fraction of sp³-hybridized carbons (Fsp3) is 0.300. The highest BCUT2D eigenvalue weighted by Gasteiger charge is 2.34. The normalized spacial score (nSPS) is 16.8. The molecule has 0 radical (unpaired) electrons. The molecule has 0 saturated heterocycles. The van der Waals surface area contributed by atoms with Crippen LogP contribution < -0.4 is 9.47 Å². The first-order valence-electron chi connectivity index (χ1n) is 4.19. The van der Waals surface area contributed by atoms with Gasteiger partial charge in [0.15, 0.2) is 17.8 Å². The molecular formula is C10H9BrO3. The van der Waals surface area contributed by atoms with Crippen molar-refractivity contribution in [1.82, 2.24) is 0 Å². The van der Waals surface area contributed by atoms with Crippen LogP contribution in [-0.2, 0) is 0 Å². The SMILES string of the molecule is CC1(C)Oc2ccc(Br)c(C=O)c2O1. The molecule has 1 aromatic rings. The molecule has 0 amide bonds. The van der Waals surface area contributed by atoms with Crippen molar-refractivity contribution in [2.75, 3.05) is 0 Å². The van der Waals surface area contributed by atoms with Crippen molar-refractivity contribution in [3.63, 3.8) is 0 Å². The number of rotatable bonds is 1. The molecule has 0 N–H and O–H groups in total. The molecule has 1 aliphatic rings. The molecule has 74 valence electrons. The van der Waals surface area contributed by atoms with Crippen molar-refractivity contribution in [3.05, 3.63) is 22.2 Å². The number of hydrogen-bond acceptors (Lipinski definition) is 3. The van der Waals surface area contributed by atoms with Crippen LogP contribution in [0.1, 0.15) is 24.2 Å². The van der Waals surface area contributed by atoms with Crippen molar-refractivity contribution in [3.8, 4) is 11.5 Å². The minimum Gasteiger partial charge on any atom is -0.449 e. The van der Waals surface area contributed by atoms with E-state index in [4.69, 9.17) is 9.47 Å². The van der Waals surface area contributed by atoms with Gasteiger partial charge in [0.1, 0.15) is 0 Å². The first kappa shape index (κ1) is 9.52. The second kappa shape index (κ2) is 2.98. The van der Waals surface area contributed by atoms with Crippen LogP contribution in [0.2, 0.25) is 0 Å². The lowest BCUT2D eigenvalue weighted by atomic mass is 10.2. The third kappa shape index (κ3) is 1.39. The summed E-state index contributed by atoms with van der Waals surface area (Å²) in [5, 5.41) is 0. The summed E-state index contributed by atoms with van der Waals surface area (Å²) in [7, 11) is 0. The maximum atomic E-state index is 10.8. The Hall–Kier alpha value is -1.03. The Morgan fingerprint density at radius 2 is 2.07 bits per heavy atom. The number of hydrogen-bond donors (Lipinski definition) is 0. The molecular weight excluding hydrogens is 248 g/mol. The highest BCUT2D eigenvalue weighted by atomic mass is 79.9. The standard InChI is InChI=1S/C10H9BrO3/c1-10(2)13-8-4-3-7(11)6(5-12)9(8)14-10/h3-5H,1-2H3. The summed E-state index contributed by atoms with van der Waals surface area (Å²) in [5.41, 5.74) is 0.494. The summed E-state index contributed by atoms with van der Waals surface area (Å²) < 4.78 is 11.7. The van der Waals surface area contributed by atoms with E-state index in [1.807, 2.05) is 0 Å². The predicted molar refractivity (Wildman–Crippen MR) is 54.9 cm³/mol. The van der Waals surface area contributed by atoms with Gasteiger partial charge in [-0.05, 0) is 28.1 Å². The first-order chi connectivity index (χ1) is 6.53. The Bertz CT molecular complexity index is 399. The first-order valence-corrected chi connectivity index (χ1v) is 4.98. The molecule has 14 heavy (non-hydrogen) atoms. The van der Waals surface area contributed by atoms with Gasteiger partial charge in [-0.15, -0.1) is 0 Å². The fourth-order valence-electron chi connectivity index (χ4n) is 1.38. The fourth-order valence-corrected chi connectivity index (χ4v) is 1.79. The number of fused-ring (bicyclic) bond motifs is 1. The molecule has 1 aliphatic heterocycles. The summed E-state index contributed by atoms with van der Waals surface area (Å²) in [4.78, 5) is 10.8. The number of carbonyl (C=O) groups is 1. The Morgan fingerprint density at radius 3 is 2.71 bits per heavy atom. The van der Waals surface area contributed by atoms with Crippen LogP contribution in [0.15, 0.2) is 16.6 Å². The van der Waals surface area contributed by atoms with Crippen LogP contribution in [0, 0.1) is 0 Å². The lowest BCUT2D eigenvalue weighted by Gasteiger charge is -2.16. The zero-order valence-corrected chi connectivity index (χ0v) is 9.42. The highest BCUT2D eigenvalue weighted by Crippen LogP contribution is 2.43. The second-order valence-corrected chi connectivity index (χ2v) is 4.36. The largest absolute Gasteiger partial charge is 0.449 e. The molecule has 3 nitrogen and oxygen atoms in total. The molecule has 0 saturated carbocycles. The third-order valence-electron chi connectivity index (χ3n) is 1.93. The summed E-state index contributed by atoms with van der Waals surface area (Å²) in [5.74, 6) is 0.431. The summed E-state index contributed by atoms with van der Waals surface area (Å²) in [6.45, 7) is 3.60. The minimum absolute atomic E-state index is 0.494. The van der Waals surface area contributed by atoms with Crippen LogP contribution >= 0.6 is 15.9 Å². The van der Waals surface area contributed by atoms with Crippen LogP contribution in [0.25, 0.3) is 0 Å². The van der Waals surface area contributed by atoms with Crippen LogP contribution in [0.3, 0.4) is 0 Å². The lowest BCUT2D eigenvalue weighted by molar-refractivity contribution is -0.0432. The van der Waals surface area contributed by atoms with E-state index in [2.05, 4.69) is 15.9 Å². The van der Waals surface area contributed by atoms with Gasteiger partial charge in [0.2, 0.25) is 5.79 Å². The summed E-state index contributed by atoms with van der Waals surface area (Å²) in [6, 6.07) is 3.55. The molecule has 1 aromatic carbocycles. The highest BCUT2D eigenvalue weighted by molar-refractivity contribution is 9.10. The van der Waals surface area contributed by atoms with Crippen LogP contribution in [0.4, 0.5) is 0 Å². The molecule has 0 bridgehead atoms. The van der Waals surface area contributed by atoms with E-state index < -0.39 is 5.79 Å². The molecule has 0 unspecified atom stereocenters. The zero-order valence-electron chi connectivity index (χ0n) is 7.83. The molecule has 0 aliphatic carbocycles. The minimum atomic E-state index is -0.694. The quantitative estimate of drug-likeness (QED) is 0.725. The summed E-state index contributed by atoms with van der Waals surface area (Å²) in [6.07, 6.45) is 0.758. The second-order valence-electron chi connectivity index (χ2n) is 3.51. The van der Waals surface area contributed by atoms with Gasteiger partial charge in [0.05, 0.1) is 5.56 Å². The average molecular weight is 257 g/mol. The van der Waals surface area contributed by atoms with Gasteiger partial charge in [0.25, 0.3) is 0 Å². The van der Waals surface area contributed by atoms with E-state index in [1.54, 1.807) is 26.0 Å². The van der Waals surface area contributed by atoms with Crippen molar-refractivity contribution in [2.24, 2.45) is 0 Å². The van der Waals surface area contributed by atoms with E-state index in [9.17, 15) is 4.79 Å². The van der Waals surface area contributed by atoms with Gasteiger partial charge < -0.3 is 9.47 Å². The van der Waals surface area contributed by atoms with Gasteiger partial charge in [-0.1, -0.05) is 0 Å². The van der Waals surface area contributed by atoms with E-state index in [-0.39, 0.29) is 0 Å². The molecule has 0 fully saturated rings. The van der Waals surface area contributed by atoms with Crippen molar-refractivity contribution < 1.29 is 14.3 Å². The molecule has 0 spiro atoms. The molecule has 0 aromatic heterocycles. The van der Waals surface area contributed by atoms with Gasteiger partial charge in [-0.2, -0.15) is 0 Å². The van der Waals surface area contributed by atoms with Crippen LogP contribution in [-0.4, -0.2) is 12.1 Å². The summed E-state index contributed by atoms with van der Waals surface area (Å²) >= 11 is 3.28. The van der Waals surface area contributed by atoms with E-state index in [1.165, 1.54) is 0 Å². The van der Waals surface area contributed by atoms with Crippen molar-refractivity contribution in [1.29, 1.82) is 0 Å². The van der Waals surface area contributed by atoms with Crippen molar-refractivity contribution in [2.45, 2.75) is 19.6 Å². The number of carbonyl (C=O) groups excluding carboxylic acids is 1. The lowest BCUT2D eigenvalue weighted by Crippen LogP contribution is -2.29. The number of halogens is 1. The van der Waals surface area contributed by atoms with Gasteiger partial charge in [-0.25, -0.2) is 0 Å². The molecule has 1 heterocycles. The Kier molecular flexibility index (Phi) is 2.03. The third-order valence-corrected chi connectivity index (χ3v) is 2.62. The number of ether oxygens (including phenoxy) is 2. The smallest absolute Gasteiger partial charge is 0.246 e. The van der Waals surface area contributed by atoms with E-state index in [0.29, 0.717) is 21.5 Å². The van der Waals surface area contributed by atoms with Crippen molar-refractivity contribution >= 4 is 22.2 Å². The maximum Gasteiger partial charge on any atom is 0.246 e. The topological polar surface area (TPSA) is 35.5 Å². The van der Waals surface area contributed by atoms with Gasteiger partial charge >= 0.3 is 0 Å². The van der Waals surface area contributed by atoms with Gasteiger partial charge in [-0.3, -0.25) is 4.79 Å². The maximum absolute atomic E-state index is 10.8. The zero-order chi connectivity index (χ0) is 10.3. The van der Waals surface area contributed by atoms with E-state index >= 15 is 0 Å². The Labute approximate surface area is 90.1 Å². The van der Waals surface area contributed by atoms with E-state index in [0.717, 1.165) is 6.29 Å². The average Bonchev–Trinajstić information content (AvgIpc) is 2.39. The van der Waals surface area contributed by atoms with Crippen LogP contribution in [0.5, 0.6) is 11.5 Å². The Balaban J connectivity index is 2.57. The molecule has 0 atom stereocenters.